The van der Waals surface area contributed by atoms with Crippen molar-refractivity contribution in [3.63, 3.8) is 0 Å². The van der Waals surface area contributed by atoms with E-state index in [9.17, 15) is 13.2 Å². The summed E-state index contributed by atoms with van der Waals surface area (Å²) >= 11 is 0. The van der Waals surface area contributed by atoms with Gasteiger partial charge >= 0.3 is 0 Å². The highest BCUT2D eigenvalue weighted by Gasteiger charge is 2.15. The smallest absolute Gasteiger partial charge is 0.253 e. The second kappa shape index (κ2) is 11.1. The Morgan fingerprint density at radius 3 is 2.44 bits per heavy atom. The molecule has 0 saturated carbocycles. The molecule has 2 aromatic carbocycles. The molecule has 0 spiro atoms. The van der Waals surface area contributed by atoms with E-state index in [1.165, 1.54) is 12.1 Å². The Labute approximate surface area is 189 Å². The third-order valence-electron chi connectivity index (χ3n) is 5.23. The van der Waals surface area contributed by atoms with Gasteiger partial charge in [0.1, 0.15) is 0 Å². The number of unbranched alkanes of at least 4 members (excludes halogenated alkanes) is 2. The molecule has 32 heavy (non-hydrogen) atoms. The van der Waals surface area contributed by atoms with Crippen LogP contribution in [0.15, 0.2) is 65.6 Å². The summed E-state index contributed by atoms with van der Waals surface area (Å²) < 4.78 is 26.5. The van der Waals surface area contributed by atoms with Crippen molar-refractivity contribution >= 4 is 15.9 Å². The van der Waals surface area contributed by atoms with Crippen molar-refractivity contribution < 1.29 is 13.2 Å². The number of nitrogens with zero attached hydrogens (tertiary/aromatic N) is 2. The first-order valence-electron chi connectivity index (χ1n) is 10.9. The fourth-order valence-corrected chi connectivity index (χ4v) is 4.50. The number of hydrogen-bond donors (Lipinski definition) is 2. The van der Waals surface area contributed by atoms with Gasteiger partial charge in [0.05, 0.1) is 10.6 Å². The molecule has 0 aliphatic rings. The quantitative estimate of drug-likeness (QED) is 0.430. The molecule has 7 nitrogen and oxygen atoms in total. The monoisotopic (exact) mass is 454 g/mol. The van der Waals surface area contributed by atoms with Crippen molar-refractivity contribution in [2.45, 2.75) is 37.5 Å². The van der Waals surface area contributed by atoms with Gasteiger partial charge in [-0.15, -0.1) is 0 Å². The van der Waals surface area contributed by atoms with Gasteiger partial charge in [-0.05, 0) is 49.6 Å². The highest BCUT2D eigenvalue weighted by molar-refractivity contribution is 7.89. The zero-order chi connectivity index (χ0) is 23.0. The van der Waals surface area contributed by atoms with Crippen LogP contribution in [0.3, 0.4) is 0 Å². The number of benzene rings is 2. The van der Waals surface area contributed by atoms with E-state index < -0.39 is 10.0 Å². The molecule has 0 aliphatic heterocycles. The second-order valence-corrected chi connectivity index (χ2v) is 9.47. The third kappa shape index (κ3) is 6.27. The van der Waals surface area contributed by atoms with E-state index in [0.29, 0.717) is 18.7 Å². The lowest BCUT2D eigenvalue weighted by Gasteiger charge is -2.17. The van der Waals surface area contributed by atoms with Gasteiger partial charge in [-0.1, -0.05) is 43.7 Å². The average Bonchev–Trinajstić information content (AvgIpc) is 3.28. The molecule has 2 N–H and O–H groups in total. The van der Waals surface area contributed by atoms with E-state index in [4.69, 9.17) is 0 Å². The van der Waals surface area contributed by atoms with Gasteiger partial charge in [-0.2, -0.15) is 5.10 Å². The van der Waals surface area contributed by atoms with Crippen molar-refractivity contribution in [3.8, 4) is 11.3 Å². The van der Waals surface area contributed by atoms with Crippen LogP contribution in [0, 0.1) is 0 Å². The second-order valence-electron chi connectivity index (χ2n) is 7.71. The standard InChI is InChI=1S/C24H30N4O3S/c1-3-25-32(30,31)22-15-13-20(14-16-22)24(29)28(2)17-9-5-8-12-21-18-23(27-26-21)19-10-6-4-7-11-19/h4,6-7,10-11,13-16,18,25H,3,5,8-9,12,17H2,1-2H3,(H,26,27). The van der Waals surface area contributed by atoms with E-state index >= 15 is 0 Å². The molecule has 0 atom stereocenters. The van der Waals surface area contributed by atoms with Crippen molar-refractivity contribution in [2.75, 3.05) is 20.1 Å². The minimum Gasteiger partial charge on any atom is -0.342 e. The highest BCUT2D eigenvalue weighted by atomic mass is 32.2. The molecule has 1 amide bonds. The van der Waals surface area contributed by atoms with Crippen molar-refractivity contribution in [1.82, 2.24) is 19.8 Å². The molecule has 0 unspecified atom stereocenters. The number of aromatic amines is 1. The molecular weight excluding hydrogens is 424 g/mol. The number of H-pyrrole nitrogens is 1. The van der Waals surface area contributed by atoms with Crippen LogP contribution in [0.4, 0.5) is 0 Å². The molecule has 8 heteroatoms. The Morgan fingerprint density at radius 1 is 1.03 bits per heavy atom. The van der Waals surface area contributed by atoms with Crippen LogP contribution in [0.2, 0.25) is 0 Å². The number of hydrogen-bond acceptors (Lipinski definition) is 4. The predicted molar refractivity (Wildman–Crippen MR) is 126 cm³/mol. The summed E-state index contributed by atoms with van der Waals surface area (Å²) in [6, 6.07) is 18.2. The lowest BCUT2D eigenvalue weighted by Crippen LogP contribution is -2.28. The van der Waals surface area contributed by atoms with Crippen LogP contribution < -0.4 is 4.72 Å². The van der Waals surface area contributed by atoms with Gasteiger partial charge in [0.15, 0.2) is 0 Å². The van der Waals surface area contributed by atoms with E-state index in [-0.39, 0.29) is 10.8 Å². The Bertz CT molecular complexity index is 1110. The SMILES string of the molecule is CCNS(=O)(=O)c1ccc(C(=O)N(C)CCCCCc2cc(-c3ccccc3)n[nH]2)cc1. The molecule has 0 aliphatic carbocycles. The highest BCUT2D eigenvalue weighted by Crippen LogP contribution is 2.18. The van der Waals surface area contributed by atoms with Crippen LogP contribution in [-0.4, -0.2) is 49.6 Å². The molecule has 0 bridgehead atoms. The summed E-state index contributed by atoms with van der Waals surface area (Å²) in [5.74, 6) is -0.113. The summed E-state index contributed by atoms with van der Waals surface area (Å²) in [7, 11) is -1.74. The van der Waals surface area contributed by atoms with E-state index in [1.807, 2.05) is 30.3 Å². The Balaban J connectivity index is 1.41. The molecule has 1 heterocycles. The topological polar surface area (TPSA) is 95.2 Å². The molecule has 0 fully saturated rings. The molecule has 0 saturated heterocycles. The van der Waals surface area contributed by atoms with Crippen LogP contribution in [-0.2, 0) is 16.4 Å². The third-order valence-corrected chi connectivity index (χ3v) is 6.79. The number of sulfonamides is 1. The average molecular weight is 455 g/mol. The maximum Gasteiger partial charge on any atom is 0.253 e. The lowest BCUT2D eigenvalue weighted by molar-refractivity contribution is 0.0792. The van der Waals surface area contributed by atoms with Crippen LogP contribution in [0.25, 0.3) is 11.3 Å². The van der Waals surface area contributed by atoms with E-state index in [0.717, 1.165) is 42.6 Å². The van der Waals surface area contributed by atoms with Gasteiger partial charge < -0.3 is 4.90 Å². The molecule has 0 radical (unpaired) electrons. The molecular formula is C24H30N4O3S. The zero-order valence-corrected chi connectivity index (χ0v) is 19.4. The minimum absolute atomic E-state index is 0.113. The first-order chi connectivity index (χ1) is 15.4. The van der Waals surface area contributed by atoms with Crippen LogP contribution in [0.5, 0.6) is 0 Å². The first kappa shape index (κ1) is 23.7. The minimum atomic E-state index is -3.51. The Morgan fingerprint density at radius 2 is 1.75 bits per heavy atom. The summed E-state index contributed by atoms with van der Waals surface area (Å²) in [5, 5.41) is 7.49. The number of carbonyl (C=O) groups excluding carboxylic acids is 1. The normalized spacial score (nSPS) is 11.4. The zero-order valence-electron chi connectivity index (χ0n) is 18.5. The van der Waals surface area contributed by atoms with E-state index in [1.54, 1.807) is 31.0 Å². The lowest BCUT2D eigenvalue weighted by atomic mass is 10.1. The van der Waals surface area contributed by atoms with Crippen molar-refractivity contribution in [1.29, 1.82) is 0 Å². The summed E-state index contributed by atoms with van der Waals surface area (Å²) in [6.07, 6.45) is 3.82. The summed E-state index contributed by atoms with van der Waals surface area (Å²) in [5.41, 5.74) is 3.65. The van der Waals surface area contributed by atoms with Gasteiger partial charge in [-0.25, -0.2) is 13.1 Å². The number of nitrogens with one attached hydrogen (secondary N) is 2. The van der Waals surface area contributed by atoms with Crippen LogP contribution in [0.1, 0.15) is 42.2 Å². The fraction of sp³-hybridized carbons (Fsp3) is 0.333. The number of aromatic nitrogens is 2. The maximum absolute atomic E-state index is 12.6. The number of aryl methyl sites for hydroxylation is 1. The number of carbonyl (C=O) groups is 1. The van der Waals surface area contributed by atoms with Gasteiger partial charge in [0.25, 0.3) is 5.91 Å². The summed E-state index contributed by atoms with van der Waals surface area (Å²) in [4.78, 5) is 14.4. The fourth-order valence-electron chi connectivity index (χ4n) is 3.46. The van der Waals surface area contributed by atoms with Crippen molar-refractivity contribution in [3.05, 3.63) is 71.9 Å². The maximum atomic E-state index is 12.6. The first-order valence-corrected chi connectivity index (χ1v) is 12.3. The molecule has 3 aromatic rings. The largest absolute Gasteiger partial charge is 0.342 e. The molecule has 1 aromatic heterocycles. The molecule has 170 valence electrons. The Kier molecular flexibility index (Phi) is 8.19. The predicted octanol–water partition coefficient (Wildman–Crippen LogP) is 3.86. The number of amides is 1. The number of rotatable bonds is 11. The Hall–Kier alpha value is -2.97. The van der Waals surface area contributed by atoms with Gasteiger partial charge in [0, 0.05) is 37.0 Å². The van der Waals surface area contributed by atoms with E-state index in [2.05, 4.69) is 21.0 Å². The van der Waals surface area contributed by atoms with Crippen LogP contribution >= 0.6 is 0 Å². The van der Waals surface area contributed by atoms with Crippen molar-refractivity contribution in [2.24, 2.45) is 0 Å². The van der Waals surface area contributed by atoms with Gasteiger partial charge in [-0.3, -0.25) is 9.89 Å². The van der Waals surface area contributed by atoms with Gasteiger partial charge in [0.2, 0.25) is 10.0 Å². The summed E-state index contributed by atoms with van der Waals surface area (Å²) in [6.45, 7) is 2.69. The molecule has 3 rings (SSSR count).